The minimum absolute atomic E-state index is 0.117. The topological polar surface area (TPSA) is 0 Å². The third-order valence-corrected chi connectivity index (χ3v) is 9.23. The summed E-state index contributed by atoms with van der Waals surface area (Å²) >= 11 is 0. The molecule has 0 unspecified atom stereocenters. The largest absolute Gasteiger partial charge is 0.0847 e. The monoisotopic (exact) mass is 336 g/mol. The van der Waals surface area contributed by atoms with Crippen molar-refractivity contribution < 1.29 is 0 Å². The van der Waals surface area contributed by atoms with E-state index < -0.39 is 0 Å². The number of allylic oxidation sites excluding steroid dienone is 4. The van der Waals surface area contributed by atoms with E-state index in [9.17, 15) is 0 Å². The second-order valence-electron chi connectivity index (χ2n) is 7.21. The van der Waals surface area contributed by atoms with Crippen molar-refractivity contribution in [2.75, 3.05) is 0 Å². The molecule has 0 saturated heterocycles. The van der Waals surface area contributed by atoms with Gasteiger partial charge >= 0.3 is 0 Å². The van der Waals surface area contributed by atoms with Gasteiger partial charge in [-0.3, -0.25) is 0 Å². The Hall–Kier alpha value is -0.0862. The summed E-state index contributed by atoms with van der Waals surface area (Å²) in [5, 5.41) is 0. The van der Waals surface area contributed by atoms with Gasteiger partial charge in [0.2, 0.25) is 0 Å². The van der Waals surface area contributed by atoms with Crippen molar-refractivity contribution in [2.45, 2.75) is 101 Å². The highest BCUT2D eigenvalue weighted by molar-refractivity contribution is 6.41. The van der Waals surface area contributed by atoms with Gasteiger partial charge in [0.05, 0.1) is 0 Å². The molecule has 2 heteroatoms. The molecule has 1 rings (SSSR count). The lowest BCUT2D eigenvalue weighted by atomic mass is 10.2. The number of hydrogen-bond donors (Lipinski definition) is 0. The summed E-state index contributed by atoms with van der Waals surface area (Å²) in [6, 6.07) is 3.12. The summed E-state index contributed by atoms with van der Waals surface area (Å²) < 4.78 is 0. The first-order chi connectivity index (χ1) is 10.9. The van der Waals surface area contributed by atoms with E-state index in [2.05, 4.69) is 38.2 Å². The second-order valence-corrected chi connectivity index (χ2v) is 11.7. The Morgan fingerprint density at radius 3 is 1.27 bits per heavy atom. The van der Waals surface area contributed by atoms with Crippen molar-refractivity contribution in [3.8, 4) is 0 Å². The van der Waals surface area contributed by atoms with Gasteiger partial charge < -0.3 is 0 Å². The van der Waals surface area contributed by atoms with Crippen LogP contribution in [0.15, 0.2) is 24.3 Å². The van der Waals surface area contributed by atoms with E-state index in [1.54, 1.807) is 12.1 Å². The van der Waals surface area contributed by atoms with Crippen LogP contribution in [0.2, 0.25) is 23.2 Å². The highest BCUT2D eigenvalue weighted by Gasteiger charge is 2.09. The van der Waals surface area contributed by atoms with Crippen molar-refractivity contribution in [3.05, 3.63) is 24.3 Å². The van der Waals surface area contributed by atoms with Gasteiger partial charge in [-0.15, -0.1) is 0 Å². The molecule has 0 aliphatic heterocycles. The molecule has 0 atom stereocenters. The van der Waals surface area contributed by atoms with Crippen LogP contribution in [0.1, 0.15) is 78.1 Å². The smallest absolute Gasteiger partial charge is 0.0327 e. The number of hydrogen-bond acceptors (Lipinski definition) is 0. The first kappa shape index (κ1) is 20.0. The van der Waals surface area contributed by atoms with Crippen molar-refractivity contribution in [3.63, 3.8) is 0 Å². The fourth-order valence-corrected chi connectivity index (χ4v) is 7.03. The van der Waals surface area contributed by atoms with Crippen LogP contribution in [0.4, 0.5) is 0 Å². The predicted octanol–water partition coefficient (Wildman–Crippen LogP) is 5.80. The van der Waals surface area contributed by atoms with E-state index in [4.69, 9.17) is 0 Å². The molecule has 0 radical (unpaired) electrons. The molecule has 0 nitrogen and oxygen atoms in total. The standard InChI is InChI=1S/C20H40Si2/c1-3-5-7-9-11-17-21-19-13-15-20(16-14-19)22-18-12-10-8-6-4-2/h13-16,19-20H,3-12,17-18,21-22H2,1-2H3. The van der Waals surface area contributed by atoms with Crippen LogP contribution in [0.25, 0.3) is 0 Å². The SMILES string of the molecule is CCCCCCC[SiH2]C1C=CC([SiH2]CCCCCCC)C=C1. The molecule has 0 fully saturated rings. The minimum atomic E-state index is 0.117. The Balaban J connectivity index is 1.97. The fourth-order valence-electron chi connectivity index (χ4n) is 3.40. The van der Waals surface area contributed by atoms with Crippen LogP contribution >= 0.6 is 0 Å². The van der Waals surface area contributed by atoms with Gasteiger partial charge in [-0.1, -0.05) is 114 Å². The normalized spacial score (nSPS) is 21.7. The zero-order valence-corrected chi connectivity index (χ0v) is 18.2. The van der Waals surface area contributed by atoms with E-state index in [1.807, 2.05) is 0 Å². The molecule has 128 valence electrons. The Morgan fingerprint density at radius 2 is 0.909 bits per heavy atom. The Kier molecular flexibility index (Phi) is 13.2. The summed E-state index contributed by atoms with van der Waals surface area (Å²) in [7, 11) is 0.234. The number of unbranched alkanes of at least 4 members (excludes halogenated alkanes) is 8. The molecule has 22 heavy (non-hydrogen) atoms. The molecule has 0 aromatic carbocycles. The van der Waals surface area contributed by atoms with E-state index in [0.29, 0.717) is 0 Å². The first-order valence-corrected chi connectivity index (χ1v) is 13.9. The molecule has 0 heterocycles. The minimum Gasteiger partial charge on any atom is -0.0847 e. The van der Waals surface area contributed by atoms with Crippen molar-refractivity contribution in [2.24, 2.45) is 0 Å². The van der Waals surface area contributed by atoms with Crippen LogP contribution in [0, 0.1) is 0 Å². The van der Waals surface area contributed by atoms with E-state index >= 15 is 0 Å². The maximum absolute atomic E-state index is 2.58. The maximum Gasteiger partial charge on any atom is 0.0327 e. The molecule has 0 bridgehead atoms. The molecule has 0 saturated carbocycles. The average Bonchev–Trinajstić information content (AvgIpc) is 2.55. The second kappa shape index (κ2) is 14.5. The summed E-state index contributed by atoms with van der Waals surface area (Å²) in [6.45, 7) is 4.61. The highest BCUT2D eigenvalue weighted by Crippen LogP contribution is 2.24. The zero-order valence-electron chi connectivity index (χ0n) is 15.4. The van der Waals surface area contributed by atoms with Crippen LogP contribution in [0.5, 0.6) is 0 Å². The van der Waals surface area contributed by atoms with Gasteiger partial charge in [0.1, 0.15) is 0 Å². The van der Waals surface area contributed by atoms with Gasteiger partial charge in [-0.25, -0.2) is 0 Å². The third kappa shape index (κ3) is 10.6. The van der Waals surface area contributed by atoms with Crippen LogP contribution < -0.4 is 0 Å². The van der Waals surface area contributed by atoms with Crippen LogP contribution in [-0.4, -0.2) is 19.0 Å². The molecule has 1 aliphatic rings. The quantitative estimate of drug-likeness (QED) is 0.213. The predicted molar refractivity (Wildman–Crippen MR) is 110 cm³/mol. The molecule has 0 aromatic heterocycles. The molecule has 0 aromatic rings. The van der Waals surface area contributed by atoms with Crippen molar-refractivity contribution in [1.82, 2.24) is 0 Å². The van der Waals surface area contributed by atoms with Crippen LogP contribution in [0.3, 0.4) is 0 Å². The summed E-state index contributed by atoms with van der Waals surface area (Å²) in [4.78, 5) is 0. The lowest BCUT2D eigenvalue weighted by Gasteiger charge is -2.16. The van der Waals surface area contributed by atoms with E-state index in [1.165, 1.54) is 64.2 Å². The lowest BCUT2D eigenvalue weighted by molar-refractivity contribution is 0.654. The highest BCUT2D eigenvalue weighted by atomic mass is 28.2. The first-order valence-electron chi connectivity index (χ1n) is 10.2. The average molecular weight is 337 g/mol. The third-order valence-electron chi connectivity index (χ3n) is 4.99. The Labute approximate surface area is 144 Å². The van der Waals surface area contributed by atoms with Gasteiger partial charge in [0.25, 0.3) is 0 Å². The Morgan fingerprint density at radius 1 is 0.545 bits per heavy atom. The van der Waals surface area contributed by atoms with E-state index in [-0.39, 0.29) is 19.0 Å². The fraction of sp³-hybridized carbons (Fsp3) is 0.800. The lowest BCUT2D eigenvalue weighted by Crippen LogP contribution is -2.05. The van der Waals surface area contributed by atoms with Gasteiger partial charge in [-0.2, -0.15) is 0 Å². The summed E-state index contributed by atoms with van der Waals surface area (Å²) in [5.74, 6) is 0. The molecule has 1 aliphatic carbocycles. The van der Waals surface area contributed by atoms with Crippen LogP contribution in [-0.2, 0) is 0 Å². The van der Waals surface area contributed by atoms with Crippen molar-refractivity contribution in [1.29, 1.82) is 0 Å². The van der Waals surface area contributed by atoms with Gasteiger partial charge in [0, 0.05) is 19.0 Å². The Bertz CT molecular complexity index is 254. The molecular formula is C20H40Si2. The maximum atomic E-state index is 2.58. The molecule has 0 N–H and O–H groups in total. The van der Waals surface area contributed by atoms with Gasteiger partial charge in [0.15, 0.2) is 0 Å². The summed E-state index contributed by atoms with van der Waals surface area (Å²) in [6.07, 6.45) is 24.8. The molecular weight excluding hydrogens is 296 g/mol. The zero-order chi connectivity index (χ0) is 15.9. The van der Waals surface area contributed by atoms with Gasteiger partial charge in [-0.05, 0) is 11.1 Å². The summed E-state index contributed by atoms with van der Waals surface area (Å²) in [5.41, 5.74) is 1.78. The molecule has 0 amide bonds. The van der Waals surface area contributed by atoms with Crippen molar-refractivity contribution >= 4 is 19.0 Å². The number of rotatable bonds is 14. The van der Waals surface area contributed by atoms with E-state index in [0.717, 1.165) is 11.1 Å². The molecule has 0 spiro atoms.